The van der Waals surface area contributed by atoms with Gasteiger partial charge in [0, 0.05) is 5.56 Å². The number of H-pyrrole nitrogens is 1. The molecule has 0 atom stereocenters. The molecule has 1 aromatic carbocycles. The molecule has 8 nitrogen and oxygen atoms in total. The van der Waals surface area contributed by atoms with Gasteiger partial charge < -0.3 is 14.2 Å². The summed E-state index contributed by atoms with van der Waals surface area (Å²) in [5.41, 5.74) is 1.07. The van der Waals surface area contributed by atoms with E-state index in [0.717, 1.165) is 0 Å². The lowest BCUT2D eigenvalue weighted by molar-refractivity contribution is 0.0520. The number of aromatic amines is 1. The standard InChI is InChI=1S/C15H16N4O4/c1-3-21-12-9-10(5-6-11(12)23-8-7-16)13-14(18-19-17-13)15(20)22-4-2/h5-6,9H,3-4,8H2,1-2H3,(H,17,18,19). The van der Waals surface area contributed by atoms with Gasteiger partial charge >= 0.3 is 5.97 Å². The Morgan fingerprint density at radius 3 is 2.74 bits per heavy atom. The molecular weight excluding hydrogens is 300 g/mol. The van der Waals surface area contributed by atoms with Crippen LogP contribution in [0.25, 0.3) is 11.3 Å². The van der Waals surface area contributed by atoms with Crippen molar-refractivity contribution in [3.63, 3.8) is 0 Å². The molecule has 0 saturated heterocycles. The summed E-state index contributed by atoms with van der Waals surface area (Å²) in [6.07, 6.45) is 0. The minimum atomic E-state index is -0.556. The molecule has 1 N–H and O–H groups in total. The molecule has 120 valence electrons. The van der Waals surface area contributed by atoms with Crippen LogP contribution in [0.4, 0.5) is 0 Å². The highest BCUT2D eigenvalue weighted by Crippen LogP contribution is 2.33. The van der Waals surface area contributed by atoms with E-state index in [4.69, 9.17) is 19.5 Å². The molecule has 1 heterocycles. The lowest BCUT2D eigenvalue weighted by atomic mass is 10.1. The van der Waals surface area contributed by atoms with Crippen LogP contribution in [0.5, 0.6) is 11.5 Å². The summed E-state index contributed by atoms with van der Waals surface area (Å²) in [4.78, 5) is 11.9. The van der Waals surface area contributed by atoms with E-state index in [1.165, 1.54) is 0 Å². The van der Waals surface area contributed by atoms with Crippen LogP contribution in [0.3, 0.4) is 0 Å². The number of rotatable bonds is 7. The maximum Gasteiger partial charge on any atom is 0.361 e. The minimum Gasteiger partial charge on any atom is -0.490 e. The first-order valence-corrected chi connectivity index (χ1v) is 7.06. The second-order valence-electron chi connectivity index (χ2n) is 4.28. The van der Waals surface area contributed by atoms with Crippen LogP contribution < -0.4 is 9.47 Å². The Bertz CT molecular complexity index is 721. The zero-order chi connectivity index (χ0) is 16.7. The molecule has 0 unspecified atom stereocenters. The lowest BCUT2D eigenvalue weighted by Gasteiger charge is -2.11. The van der Waals surface area contributed by atoms with Crippen LogP contribution >= 0.6 is 0 Å². The van der Waals surface area contributed by atoms with Crippen LogP contribution in [-0.4, -0.2) is 41.2 Å². The number of carbonyl (C=O) groups is 1. The van der Waals surface area contributed by atoms with Crippen molar-refractivity contribution in [3.05, 3.63) is 23.9 Å². The summed E-state index contributed by atoms with van der Waals surface area (Å²) in [5, 5.41) is 18.9. The molecule has 0 bridgehead atoms. The molecule has 0 saturated carbocycles. The topological polar surface area (TPSA) is 110 Å². The van der Waals surface area contributed by atoms with Crippen molar-refractivity contribution in [3.8, 4) is 28.8 Å². The number of hydrogen-bond donors (Lipinski definition) is 1. The number of hydrogen-bond acceptors (Lipinski definition) is 7. The summed E-state index contributed by atoms with van der Waals surface area (Å²) in [6.45, 7) is 4.14. The van der Waals surface area contributed by atoms with Crippen LogP contribution in [-0.2, 0) is 4.74 Å². The van der Waals surface area contributed by atoms with Gasteiger partial charge in [0.1, 0.15) is 11.8 Å². The molecule has 1 aromatic heterocycles. The highest BCUT2D eigenvalue weighted by Gasteiger charge is 2.20. The Balaban J connectivity index is 2.37. The van der Waals surface area contributed by atoms with Gasteiger partial charge in [0.25, 0.3) is 0 Å². The number of benzene rings is 1. The predicted octanol–water partition coefficient (Wildman–Crippen LogP) is 1.95. The smallest absolute Gasteiger partial charge is 0.361 e. The van der Waals surface area contributed by atoms with E-state index < -0.39 is 5.97 Å². The van der Waals surface area contributed by atoms with Gasteiger partial charge in [-0.25, -0.2) is 4.79 Å². The Kier molecular flexibility index (Phi) is 5.52. The third-order valence-corrected chi connectivity index (χ3v) is 2.83. The maximum atomic E-state index is 11.9. The summed E-state index contributed by atoms with van der Waals surface area (Å²) in [7, 11) is 0. The van der Waals surface area contributed by atoms with Gasteiger partial charge in [-0.1, -0.05) is 0 Å². The van der Waals surface area contributed by atoms with Crippen LogP contribution in [0, 0.1) is 11.3 Å². The van der Waals surface area contributed by atoms with E-state index in [2.05, 4.69) is 15.4 Å². The first kappa shape index (κ1) is 16.3. The second kappa shape index (κ2) is 7.79. The highest BCUT2D eigenvalue weighted by atomic mass is 16.5. The summed E-state index contributed by atoms with van der Waals surface area (Å²) in [6, 6.07) is 6.94. The normalized spacial score (nSPS) is 9.96. The highest BCUT2D eigenvalue weighted by molar-refractivity contribution is 5.94. The largest absolute Gasteiger partial charge is 0.490 e. The molecular formula is C15H16N4O4. The first-order valence-electron chi connectivity index (χ1n) is 7.06. The Morgan fingerprint density at radius 2 is 2.04 bits per heavy atom. The SMILES string of the molecule is CCOC(=O)c1n[nH]nc1-c1ccc(OCC#N)c(OCC)c1. The van der Waals surface area contributed by atoms with E-state index in [1.807, 2.05) is 13.0 Å². The Hall–Kier alpha value is -3.08. The molecule has 0 amide bonds. The van der Waals surface area contributed by atoms with E-state index in [-0.39, 0.29) is 18.9 Å². The molecule has 0 aliphatic carbocycles. The molecule has 0 aliphatic rings. The molecule has 2 aromatic rings. The fraction of sp³-hybridized carbons (Fsp3) is 0.333. The molecule has 2 rings (SSSR count). The van der Waals surface area contributed by atoms with E-state index in [0.29, 0.717) is 29.4 Å². The Labute approximate surface area is 133 Å². The van der Waals surface area contributed by atoms with Crippen molar-refractivity contribution in [2.45, 2.75) is 13.8 Å². The summed E-state index contributed by atoms with van der Waals surface area (Å²) < 4.78 is 15.8. The monoisotopic (exact) mass is 316 g/mol. The van der Waals surface area contributed by atoms with Gasteiger partial charge in [-0.2, -0.15) is 15.6 Å². The average molecular weight is 316 g/mol. The van der Waals surface area contributed by atoms with Crippen molar-refractivity contribution in [2.75, 3.05) is 19.8 Å². The first-order chi connectivity index (χ1) is 11.2. The third kappa shape index (κ3) is 3.77. The number of nitrogens with zero attached hydrogens (tertiary/aromatic N) is 3. The predicted molar refractivity (Wildman–Crippen MR) is 80.1 cm³/mol. The van der Waals surface area contributed by atoms with E-state index >= 15 is 0 Å². The van der Waals surface area contributed by atoms with Crippen molar-refractivity contribution in [1.29, 1.82) is 5.26 Å². The number of nitrogens with one attached hydrogen (secondary N) is 1. The van der Waals surface area contributed by atoms with Crippen LogP contribution in [0.15, 0.2) is 18.2 Å². The molecule has 0 radical (unpaired) electrons. The summed E-state index contributed by atoms with van der Waals surface area (Å²) >= 11 is 0. The molecule has 0 aliphatic heterocycles. The van der Waals surface area contributed by atoms with Crippen molar-refractivity contribution in [2.24, 2.45) is 0 Å². The lowest BCUT2D eigenvalue weighted by Crippen LogP contribution is -2.07. The summed E-state index contributed by atoms with van der Waals surface area (Å²) in [5.74, 6) is 0.343. The van der Waals surface area contributed by atoms with Crippen molar-refractivity contribution in [1.82, 2.24) is 15.4 Å². The van der Waals surface area contributed by atoms with Gasteiger partial charge in [0.2, 0.25) is 0 Å². The average Bonchev–Trinajstić information content (AvgIpc) is 3.04. The van der Waals surface area contributed by atoms with Crippen molar-refractivity contribution >= 4 is 5.97 Å². The maximum absolute atomic E-state index is 11.9. The van der Waals surface area contributed by atoms with Crippen LogP contribution in [0.1, 0.15) is 24.3 Å². The molecule has 0 fully saturated rings. The zero-order valence-corrected chi connectivity index (χ0v) is 12.8. The van der Waals surface area contributed by atoms with Crippen LogP contribution in [0.2, 0.25) is 0 Å². The van der Waals surface area contributed by atoms with Gasteiger partial charge in [0.05, 0.1) is 13.2 Å². The fourth-order valence-electron chi connectivity index (χ4n) is 1.93. The molecule has 23 heavy (non-hydrogen) atoms. The zero-order valence-electron chi connectivity index (χ0n) is 12.8. The van der Waals surface area contributed by atoms with E-state index in [1.54, 1.807) is 25.1 Å². The second-order valence-corrected chi connectivity index (χ2v) is 4.28. The number of nitriles is 1. The molecule has 8 heteroatoms. The number of ether oxygens (including phenoxy) is 3. The van der Waals surface area contributed by atoms with Crippen molar-refractivity contribution < 1.29 is 19.0 Å². The minimum absolute atomic E-state index is 0.0859. The van der Waals surface area contributed by atoms with Gasteiger partial charge in [-0.3, -0.25) is 0 Å². The quantitative estimate of drug-likeness (QED) is 0.777. The van der Waals surface area contributed by atoms with Gasteiger partial charge in [-0.05, 0) is 32.0 Å². The number of esters is 1. The number of carbonyl (C=O) groups excluding carboxylic acids is 1. The fourth-order valence-corrected chi connectivity index (χ4v) is 1.93. The molecule has 0 spiro atoms. The Morgan fingerprint density at radius 1 is 1.22 bits per heavy atom. The van der Waals surface area contributed by atoms with E-state index in [9.17, 15) is 4.79 Å². The number of aromatic nitrogens is 3. The third-order valence-electron chi connectivity index (χ3n) is 2.83. The van der Waals surface area contributed by atoms with Gasteiger partial charge in [0.15, 0.2) is 23.8 Å². The van der Waals surface area contributed by atoms with Gasteiger partial charge in [-0.15, -0.1) is 5.10 Å².